The number of carbonyl (C=O) groups excluding carboxylic acids is 3. The number of amides is 4. The van der Waals surface area contributed by atoms with Crippen LogP contribution >= 0.6 is 0 Å². The number of urea groups is 1. The number of allylic oxidation sites excluding steroid dienone is 1. The van der Waals surface area contributed by atoms with Gasteiger partial charge in [0.15, 0.2) is 0 Å². The Bertz CT molecular complexity index is 914. The first kappa shape index (κ1) is 19.9. The molecule has 0 bridgehead atoms. The summed E-state index contributed by atoms with van der Waals surface area (Å²) in [7, 11) is 2.76. The fourth-order valence-electron chi connectivity index (χ4n) is 4.24. The normalized spacial score (nSPS) is 19.3. The highest BCUT2D eigenvalue weighted by Gasteiger charge is 2.38. The lowest BCUT2D eigenvalue weighted by atomic mass is 9.86. The fraction of sp³-hybridized carbons (Fsp3) is 0.409. The van der Waals surface area contributed by atoms with E-state index in [2.05, 4.69) is 45.6 Å². The van der Waals surface area contributed by atoms with Crippen LogP contribution < -0.4 is 4.90 Å². The Morgan fingerprint density at radius 2 is 1.57 bits per heavy atom. The van der Waals surface area contributed by atoms with Crippen molar-refractivity contribution in [3.63, 3.8) is 0 Å². The van der Waals surface area contributed by atoms with Crippen molar-refractivity contribution in [2.45, 2.75) is 46.2 Å². The highest BCUT2D eigenvalue weighted by atomic mass is 16.2. The number of imide groups is 2. The monoisotopic (exact) mass is 381 g/mol. The van der Waals surface area contributed by atoms with E-state index in [4.69, 9.17) is 0 Å². The zero-order valence-electron chi connectivity index (χ0n) is 17.5. The molecule has 3 rings (SSSR count). The quantitative estimate of drug-likeness (QED) is 0.581. The van der Waals surface area contributed by atoms with Crippen LogP contribution in [-0.2, 0) is 9.59 Å². The van der Waals surface area contributed by atoms with Crippen LogP contribution in [0.5, 0.6) is 0 Å². The van der Waals surface area contributed by atoms with E-state index in [9.17, 15) is 14.4 Å². The average Bonchev–Trinajstić information content (AvgIpc) is 2.61. The first-order valence-corrected chi connectivity index (χ1v) is 9.40. The molecular formula is C22H27N3O3. The minimum absolute atomic E-state index is 0.0111. The number of fused-ring (bicyclic) bond motifs is 1. The number of hydrogen-bond acceptors (Lipinski definition) is 4. The SMILES string of the molecule is CC1=CC(C)(C)N(C(C)C)c2ccc(C=C3C(=O)N(C)C(=O)N(C)C3=O)cc21. The number of anilines is 1. The Morgan fingerprint density at radius 3 is 2.11 bits per heavy atom. The van der Waals surface area contributed by atoms with Gasteiger partial charge in [-0.05, 0) is 64.0 Å². The maximum atomic E-state index is 12.4. The minimum atomic E-state index is -0.619. The molecule has 2 aliphatic rings. The molecule has 28 heavy (non-hydrogen) atoms. The second-order valence-electron chi connectivity index (χ2n) is 8.29. The van der Waals surface area contributed by atoms with Crippen LogP contribution in [0, 0.1) is 0 Å². The van der Waals surface area contributed by atoms with E-state index in [0.29, 0.717) is 6.04 Å². The lowest BCUT2D eigenvalue weighted by molar-refractivity contribution is -0.134. The molecule has 4 amide bonds. The summed E-state index contributed by atoms with van der Waals surface area (Å²) in [5.41, 5.74) is 4.00. The summed E-state index contributed by atoms with van der Waals surface area (Å²) >= 11 is 0. The number of likely N-dealkylation sites (N-methyl/N-ethyl adjacent to an activating group) is 2. The van der Waals surface area contributed by atoms with Crippen molar-refractivity contribution >= 4 is 35.2 Å². The maximum absolute atomic E-state index is 12.4. The number of rotatable bonds is 2. The van der Waals surface area contributed by atoms with Gasteiger partial charge in [0.25, 0.3) is 11.8 Å². The summed E-state index contributed by atoms with van der Waals surface area (Å²) in [6.45, 7) is 10.8. The van der Waals surface area contributed by atoms with Crippen molar-refractivity contribution in [1.29, 1.82) is 0 Å². The number of carbonyl (C=O) groups is 3. The van der Waals surface area contributed by atoms with Crippen molar-refractivity contribution in [2.75, 3.05) is 19.0 Å². The zero-order valence-corrected chi connectivity index (χ0v) is 17.5. The van der Waals surface area contributed by atoms with Crippen LogP contribution in [0.1, 0.15) is 45.7 Å². The van der Waals surface area contributed by atoms with Gasteiger partial charge in [-0.2, -0.15) is 0 Å². The Labute approximate surface area is 166 Å². The van der Waals surface area contributed by atoms with Crippen LogP contribution in [0.3, 0.4) is 0 Å². The third-order valence-corrected chi connectivity index (χ3v) is 5.37. The molecule has 2 aliphatic heterocycles. The van der Waals surface area contributed by atoms with Gasteiger partial charge in [-0.15, -0.1) is 0 Å². The second-order valence-corrected chi connectivity index (χ2v) is 8.29. The lowest BCUT2D eigenvalue weighted by Gasteiger charge is -2.46. The van der Waals surface area contributed by atoms with E-state index in [0.717, 1.165) is 32.2 Å². The van der Waals surface area contributed by atoms with Gasteiger partial charge in [-0.3, -0.25) is 19.4 Å². The molecule has 2 heterocycles. The molecule has 1 aromatic carbocycles. The molecule has 0 spiro atoms. The predicted octanol–water partition coefficient (Wildman–Crippen LogP) is 3.53. The molecule has 0 atom stereocenters. The number of benzene rings is 1. The van der Waals surface area contributed by atoms with Gasteiger partial charge >= 0.3 is 6.03 Å². The molecule has 1 aromatic rings. The lowest BCUT2D eigenvalue weighted by Crippen LogP contribution is -2.52. The van der Waals surface area contributed by atoms with Gasteiger partial charge < -0.3 is 4.90 Å². The number of hydrogen-bond donors (Lipinski definition) is 0. The molecular weight excluding hydrogens is 354 g/mol. The fourth-order valence-corrected chi connectivity index (χ4v) is 4.24. The Kier molecular flexibility index (Phi) is 4.69. The van der Waals surface area contributed by atoms with E-state index in [1.54, 1.807) is 6.08 Å². The summed E-state index contributed by atoms with van der Waals surface area (Å²) < 4.78 is 0. The third kappa shape index (κ3) is 3.03. The van der Waals surface area contributed by atoms with E-state index in [1.807, 2.05) is 18.2 Å². The van der Waals surface area contributed by atoms with Crippen molar-refractivity contribution in [3.05, 3.63) is 41.0 Å². The zero-order chi connectivity index (χ0) is 21.0. The molecule has 1 fully saturated rings. The largest absolute Gasteiger partial charge is 0.360 e. The molecule has 148 valence electrons. The van der Waals surface area contributed by atoms with Crippen molar-refractivity contribution in [2.24, 2.45) is 0 Å². The number of barbiturate groups is 1. The molecule has 1 saturated heterocycles. The minimum Gasteiger partial charge on any atom is -0.360 e. The van der Waals surface area contributed by atoms with Crippen LogP contribution in [-0.4, -0.2) is 53.3 Å². The highest BCUT2D eigenvalue weighted by molar-refractivity contribution is 6.30. The summed E-state index contributed by atoms with van der Waals surface area (Å²) in [5, 5.41) is 0. The third-order valence-electron chi connectivity index (χ3n) is 5.37. The van der Waals surface area contributed by atoms with E-state index < -0.39 is 17.8 Å². The summed E-state index contributed by atoms with van der Waals surface area (Å²) in [6.07, 6.45) is 3.81. The Balaban J connectivity index is 2.09. The standard InChI is InChI=1S/C22H27N3O3/c1-13(2)25-18-9-8-15(10-16(18)14(3)12-22(25,4)5)11-17-19(26)23(6)21(28)24(7)20(17)27/h8-13H,1-7H3. The van der Waals surface area contributed by atoms with E-state index in [1.165, 1.54) is 14.1 Å². The Morgan fingerprint density at radius 1 is 1.00 bits per heavy atom. The van der Waals surface area contributed by atoms with Gasteiger partial charge in [0.1, 0.15) is 5.57 Å². The molecule has 0 N–H and O–H groups in total. The topological polar surface area (TPSA) is 60.9 Å². The summed E-state index contributed by atoms with van der Waals surface area (Å²) in [4.78, 5) is 41.1. The molecule has 0 aromatic heterocycles. The summed E-state index contributed by atoms with van der Waals surface area (Å²) in [5.74, 6) is -1.16. The summed E-state index contributed by atoms with van der Waals surface area (Å²) in [6, 6.07) is 5.64. The van der Waals surface area contributed by atoms with Gasteiger partial charge in [0, 0.05) is 31.4 Å². The maximum Gasteiger partial charge on any atom is 0.333 e. The van der Waals surface area contributed by atoms with Crippen molar-refractivity contribution in [3.8, 4) is 0 Å². The molecule has 0 unspecified atom stereocenters. The second kappa shape index (κ2) is 6.62. The molecule has 6 heteroatoms. The van der Waals surface area contributed by atoms with Crippen LogP contribution in [0.4, 0.5) is 10.5 Å². The molecule has 0 saturated carbocycles. The van der Waals surface area contributed by atoms with Gasteiger partial charge in [-0.25, -0.2) is 4.79 Å². The average molecular weight is 381 g/mol. The molecule has 0 radical (unpaired) electrons. The van der Waals surface area contributed by atoms with Gasteiger partial charge in [0.05, 0.1) is 5.54 Å². The number of nitrogens with zero attached hydrogens (tertiary/aromatic N) is 3. The van der Waals surface area contributed by atoms with Crippen LogP contribution in [0.15, 0.2) is 29.8 Å². The smallest absolute Gasteiger partial charge is 0.333 e. The van der Waals surface area contributed by atoms with Gasteiger partial charge in [-0.1, -0.05) is 12.1 Å². The van der Waals surface area contributed by atoms with E-state index in [-0.39, 0.29) is 11.1 Å². The van der Waals surface area contributed by atoms with Crippen molar-refractivity contribution < 1.29 is 14.4 Å². The van der Waals surface area contributed by atoms with Crippen LogP contribution in [0.2, 0.25) is 0 Å². The molecule has 0 aliphatic carbocycles. The van der Waals surface area contributed by atoms with Crippen molar-refractivity contribution in [1.82, 2.24) is 9.80 Å². The first-order chi connectivity index (χ1) is 13.0. The first-order valence-electron chi connectivity index (χ1n) is 9.40. The van der Waals surface area contributed by atoms with E-state index >= 15 is 0 Å². The highest BCUT2D eigenvalue weighted by Crippen LogP contribution is 2.40. The molecule has 6 nitrogen and oxygen atoms in total. The van der Waals surface area contributed by atoms with Gasteiger partial charge in [0.2, 0.25) is 0 Å². The predicted molar refractivity (Wildman–Crippen MR) is 111 cm³/mol. The van der Waals surface area contributed by atoms with Crippen LogP contribution in [0.25, 0.3) is 11.6 Å². The Hall–Kier alpha value is -2.89.